The third-order valence-electron chi connectivity index (χ3n) is 4.16. The van der Waals surface area contributed by atoms with E-state index in [9.17, 15) is 13.2 Å². The lowest BCUT2D eigenvalue weighted by Gasteiger charge is -2.29. The van der Waals surface area contributed by atoms with Crippen LogP contribution in [0.2, 0.25) is 0 Å². The Balaban J connectivity index is 1.91. The molecule has 0 unspecified atom stereocenters. The van der Waals surface area contributed by atoms with Crippen molar-refractivity contribution < 1.29 is 17.9 Å². The van der Waals surface area contributed by atoms with Gasteiger partial charge in [0.15, 0.2) is 0 Å². The summed E-state index contributed by atoms with van der Waals surface area (Å²) in [4.78, 5) is 13.4. The summed E-state index contributed by atoms with van der Waals surface area (Å²) >= 11 is 0. The van der Waals surface area contributed by atoms with Gasteiger partial charge in [0.2, 0.25) is 15.9 Å². The van der Waals surface area contributed by atoms with E-state index in [-0.39, 0.29) is 16.8 Å². The molecule has 1 N–H and O–H groups in total. The van der Waals surface area contributed by atoms with E-state index in [0.717, 1.165) is 25.7 Å². The number of rotatable bonds is 3. The molecule has 6 nitrogen and oxygen atoms in total. The Kier molecular flexibility index (Phi) is 4.10. The van der Waals surface area contributed by atoms with Gasteiger partial charge in [0.25, 0.3) is 0 Å². The van der Waals surface area contributed by atoms with Gasteiger partial charge in [-0.3, -0.25) is 4.79 Å². The molecule has 1 amide bonds. The van der Waals surface area contributed by atoms with E-state index in [2.05, 4.69) is 4.72 Å². The van der Waals surface area contributed by atoms with E-state index in [1.54, 1.807) is 11.0 Å². The zero-order valence-electron chi connectivity index (χ0n) is 12.5. The van der Waals surface area contributed by atoms with Crippen LogP contribution in [0.1, 0.15) is 32.6 Å². The van der Waals surface area contributed by atoms with Gasteiger partial charge in [-0.2, -0.15) is 0 Å². The number of hydrogen-bond acceptors (Lipinski definition) is 4. The van der Waals surface area contributed by atoms with Gasteiger partial charge in [-0.1, -0.05) is 12.8 Å². The van der Waals surface area contributed by atoms with E-state index in [1.165, 1.54) is 19.1 Å². The SMILES string of the molecule is CC(=O)N1CCOc2ccc(S(=O)(=O)NC3CCCC3)cc21. The maximum atomic E-state index is 12.5. The average molecular weight is 324 g/mol. The first kappa shape index (κ1) is 15.3. The Labute approximate surface area is 130 Å². The maximum Gasteiger partial charge on any atom is 0.240 e. The fraction of sp³-hybridized carbons (Fsp3) is 0.533. The summed E-state index contributed by atoms with van der Waals surface area (Å²) in [5.41, 5.74) is 0.521. The number of nitrogens with zero attached hydrogens (tertiary/aromatic N) is 1. The lowest BCUT2D eigenvalue weighted by Crippen LogP contribution is -2.37. The minimum absolute atomic E-state index is 0.0150. The molecule has 22 heavy (non-hydrogen) atoms. The van der Waals surface area contributed by atoms with Crippen LogP contribution in [-0.4, -0.2) is 33.5 Å². The molecule has 0 saturated heterocycles. The van der Waals surface area contributed by atoms with E-state index < -0.39 is 10.0 Å². The maximum absolute atomic E-state index is 12.5. The van der Waals surface area contributed by atoms with Crippen molar-refractivity contribution in [3.63, 3.8) is 0 Å². The van der Waals surface area contributed by atoms with Crippen LogP contribution >= 0.6 is 0 Å². The highest BCUT2D eigenvalue weighted by molar-refractivity contribution is 7.89. The quantitative estimate of drug-likeness (QED) is 0.917. The number of carbonyl (C=O) groups excluding carboxylic acids is 1. The van der Waals surface area contributed by atoms with E-state index in [1.807, 2.05) is 0 Å². The highest BCUT2D eigenvalue weighted by atomic mass is 32.2. The number of amides is 1. The minimum atomic E-state index is -3.57. The molecular formula is C15H20N2O4S. The second-order valence-corrected chi connectivity index (χ2v) is 7.47. The first-order valence-electron chi connectivity index (χ1n) is 7.55. The summed E-state index contributed by atoms with van der Waals surface area (Å²) in [5.74, 6) is 0.420. The van der Waals surface area contributed by atoms with Crippen molar-refractivity contribution >= 4 is 21.6 Å². The minimum Gasteiger partial charge on any atom is -0.490 e. The molecule has 1 fully saturated rings. The third-order valence-corrected chi connectivity index (χ3v) is 5.68. The van der Waals surface area contributed by atoms with Crippen LogP contribution in [-0.2, 0) is 14.8 Å². The van der Waals surface area contributed by atoms with Crippen LogP contribution in [0.4, 0.5) is 5.69 Å². The topological polar surface area (TPSA) is 75.7 Å². The Morgan fingerprint density at radius 3 is 2.73 bits per heavy atom. The Morgan fingerprint density at radius 2 is 2.05 bits per heavy atom. The van der Waals surface area contributed by atoms with Crippen molar-refractivity contribution in [2.75, 3.05) is 18.1 Å². The van der Waals surface area contributed by atoms with Crippen LogP contribution in [0.5, 0.6) is 5.75 Å². The highest BCUT2D eigenvalue weighted by Crippen LogP contribution is 2.34. The molecule has 1 aromatic rings. The summed E-state index contributed by atoms with van der Waals surface area (Å²) < 4.78 is 33.2. The fourth-order valence-electron chi connectivity index (χ4n) is 3.02. The van der Waals surface area contributed by atoms with Crippen LogP contribution in [0.3, 0.4) is 0 Å². The molecule has 0 bridgehead atoms. The molecule has 0 spiro atoms. The van der Waals surface area contributed by atoms with Gasteiger partial charge >= 0.3 is 0 Å². The Morgan fingerprint density at radius 1 is 1.32 bits per heavy atom. The van der Waals surface area contributed by atoms with Gasteiger partial charge in [0.1, 0.15) is 12.4 Å². The number of carbonyl (C=O) groups is 1. The van der Waals surface area contributed by atoms with Gasteiger partial charge in [0.05, 0.1) is 17.1 Å². The predicted molar refractivity (Wildman–Crippen MR) is 82.5 cm³/mol. The Hall–Kier alpha value is -1.60. The van der Waals surface area contributed by atoms with E-state index in [4.69, 9.17) is 4.74 Å². The third kappa shape index (κ3) is 2.96. The highest BCUT2D eigenvalue weighted by Gasteiger charge is 2.27. The molecule has 0 atom stereocenters. The average Bonchev–Trinajstić information content (AvgIpc) is 2.98. The lowest BCUT2D eigenvalue weighted by atomic mass is 10.2. The van der Waals surface area contributed by atoms with Gasteiger partial charge < -0.3 is 9.64 Å². The van der Waals surface area contributed by atoms with Gasteiger partial charge in [-0.25, -0.2) is 13.1 Å². The lowest BCUT2D eigenvalue weighted by molar-refractivity contribution is -0.116. The summed E-state index contributed by atoms with van der Waals surface area (Å²) in [6.07, 6.45) is 3.88. The van der Waals surface area contributed by atoms with Crippen molar-refractivity contribution in [3.05, 3.63) is 18.2 Å². The number of nitrogens with one attached hydrogen (secondary N) is 1. The van der Waals surface area contributed by atoms with Gasteiger partial charge in [-0.05, 0) is 31.0 Å². The number of fused-ring (bicyclic) bond motifs is 1. The molecule has 0 radical (unpaired) electrons. The van der Waals surface area contributed by atoms with Crippen LogP contribution in [0.25, 0.3) is 0 Å². The number of ether oxygens (including phenoxy) is 1. The van der Waals surface area contributed by atoms with Crippen molar-refractivity contribution in [1.29, 1.82) is 0 Å². The molecule has 1 aliphatic carbocycles. The molecular weight excluding hydrogens is 304 g/mol. The van der Waals surface area contributed by atoms with Crippen LogP contribution in [0, 0.1) is 0 Å². The summed E-state index contributed by atoms with van der Waals surface area (Å²) in [6, 6.07) is 4.68. The van der Waals surface area contributed by atoms with Crippen molar-refractivity contribution in [2.24, 2.45) is 0 Å². The van der Waals surface area contributed by atoms with Crippen molar-refractivity contribution in [1.82, 2.24) is 4.72 Å². The number of hydrogen-bond donors (Lipinski definition) is 1. The summed E-state index contributed by atoms with van der Waals surface area (Å²) in [5, 5.41) is 0. The summed E-state index contributed by atoms with van der Waals surface area (Å²) in [7, 11) is -3.57. The number of anilines is 1. The largest absolute Gasteiger partial charge is 0.490 e. The molecule has 120 valence electrons. The molecule has 1 saturated carbocycles. The first-order chi connectivity index (χ1) is 10.5. The summed E-state index contributed by atoms with van der Waals surface area (Å²) in [6.45, 7) is 2.31. The van der Waals surface area contributed by atoms with E-state index >= 15 is 0 Å². The zero-order valence-corrected chi connectivity index (χ0v) is 13.4. The molecule has 1 heterocycles. The zero-order chi connectivity index (χ0) is 15.7. The van der Waals surface area contributed by atoms with Gasteiger partial charge in [0, 0.05) is 13.0 Å². The van der Waals surface area contributed by atoms with Crippen molar-refractivity contribution in [3.8, 4) is 5.75 Å². The fourth-order valence-corrected chi connectivity index (χ4v) is 4.35. The molecule has 2 aliphatic rings. The predicted octanol–water partition coefficient (Wildman–Crippen LogP) is 1.65. The Bertz CT molecular complexity index is 681. The van der Waals surface area contributed by atoms with E-state index in [0.29, 0.717) is 24.6 Å². The number of benzene rings is 1. The second-order valence-electron chi connectivity index (χ2n) is 5.75. The first-order valence-corrected chi connectivity index (χ1v) is 9.03. The molecule has 3 rings (SSSR count). The molecule has 1 aliphatic heterocycles. The monoisotopic (exact) mass is 324 g/mol. The van der Waals surface area contributed by atoms with Crippen molar-refractivity contribution in [2.45, 2.75) is 43.5 Å². The normalized spacial score (nSPS) is 18.9. The molecule has 0 aromatic heterocycles. The molecule has 1 aromatic carbocycles. The second kappa shape index (κ2) is 5.89. The molecule has 7 heteroatoms. The standard InChI is InChI=1S/C15H20N2O4S/c1-11(18)17-8-9-21-15-7-6-13(10-14(15)17)22(19,20)16-12-4-2-3-5-12/h6-7,10,12,16H,2-5,8-9H2,1H3. The van der Waals surface area contributed by atoms with Gasteiger partial charge in [-0.15, -0.1) is 0 Å². The van der Waals surface area contributed by atoms with Crippen LogP contribution < -0.4 is 14.4 Å². The number of sulfonamides is 1. The smallest absolute Gasteiger partial charge is 0.240 e. The van der Waals surface area contributed by atoms with Crippen LogP contribution in [0.15, 0.2) is 23.1 Å².